The second kappa shape index (κ2) is 13.7. The molecule has 0 bridgehead atoms. The maximum atomic E-state index is 12.7. The van der Waals surface area contributed by atoms with Gasteiger partial charge in [0.1, 0.15) is 6.04 Å². The molecule has 0 aromatic heterocycles. The van der Waals surface area contributed by atoms with E-state index in [2.05, 4.69) is 63.4 Å². The number of nitrogens with one attached hydrogen (secondary N) is 3. The summed E-state index contributed by atoms with van der Waals surface area (Å²) < 4.78 is 5.35. The minimum absolute atomic E-state index is 0.173. The van der Waals surface area contributed by atoms with E-state index >= 15 is 0 Å². The van der Waals surface area contributed by atoms with Crippen LogP contribution in [0.15, 0.2) is 71.7 Å². The van der Waals surface area contributed by atoms with Crippen LogP contribution < -0.4 is 16.0 Å². The molecular formula is C30H36N4O4. The summed E-state index contributed by atoms with van der Waals surface area (Å²) in [5.74, 6) is -0.975. The molecule has 2 heterocycles. The van der Waals surface area contributed by atoms with Gasteiger partial charge in [-0.15, -0.1) is 0 Å². The van der Waals surface area contributed by atoms with Gasteiger partial charge in [-0.25, -0.2) is 0 Å². The first-order chi connectivity index (χ1) is 18.5. The van der Waals surface area contributed by atoms with Gasteiger partial charge in [0.15, 0.2) is 12.2 Å². The van der Waals surface area contributed by atoms with E-state index in [4.69, 9.17) is 4.74 Å². The minimum atomic E-state index is -0.865. The van der Waals surface area contributed by atoms with E-state index in [0.717, 1.165) is 36.0 Å². The maximum absolute atomic E-state index is 12.7. The number of hydrogen-bond donors (Lipinski definition) is 3. The molecular weight excluding hydrogens is 480 g/mol. The quantitative estimate of drug-likeness (QED) is 0.355. The Morgan fingerprint density at radius 1 is 0.947 bits per heavy atom. The molecule has 0 radical (unpaired) electrons. The monoisotopic (exact) mass is 516 g/mol. The zero-order valence-corrected chi connectivity index (χ0v) is 21.8. The lowest BCUT2D eigenvalue weighted by atomic mass is 10.0. The fourth-order valence-electron chi connectivity index (χ4n) is 4.45. The van der Waals surface area contributed by atoms with Crippen LogP contribution in [0, 0.1) is 0 Å². The molecule has 38 heavy (non-hydrogen) atoms. The summed E-state index contributed by atoms with van der Waals surface area (Å²) in [5, 5.41) is 8.50. The Labute approximate surface area is 223 Å². The molecule has 4 atom stereocenters. The lowest BCUT2D eigenvalue weighted by Gasteiger charge is -2.18. The molecule has 3 amide bonds. The average Bonchev–Trinajstić information content (AvgIpc) is 3.76. The number of carbonyl (C=O) groups excluding carboxylic acids is 3. The Balaban J connectivity index is 1.16. The molecule has 0 spiro atoms. The molecule has 4 rings (SSSR count). The molecule has 2 aliphatic heterocycles. The van der Waals surface area contributed by atoms with Gasteiger partial charge in [-0.05, 0) is 48.4 Å². The highest BCUT2D eigenvalue weighted by Crippen LogP contribution is 2.23. The average molecular weight is 517 g/mol. The smallest absolute Gasteiger partial charge is 0.253 e. The van der Waals surface area contributed by atoms with Crippen molar-refractivity contribution in [1.82, 2.24) is 16.0 Å². The molecule has 3 N–H and O–H groups in total. The Hall–Kier alpha value is -3.78. The Morgan fingerprint density at radius 3 is 2.39 bits per heavy atom. The first-order valence-electron chi connectivity index (χ1n) is 13.4. The fourth-order valence-corrected chi connectivity index (χ4v) is 4.45. The molecule has 2 aromatic rings. The topological polar surface area (TPSA) is 112 Å². The SMILES string of the molecule is CCC[C@H](NC(=O)C1O[C@H]1C(=O)NCCc1ccc(-c2ccccc2)cc1)C(=O)NCCC1CC=CC=N1. The zero-order valence-electron chi connectivity index (χ0n) is 21.8. The van der Waals surface area contributed by atoms with Crippen molar-refractivity contribution >= 4 is 23.9 Å². The number of carbonyl (C=O) groups is 3. The molecule has 0 saturated carbocycles. The summed E-state index contributed by atoms with van der Waals surface area (Å²) in [6.45, 7) is 2.89. The molecule has 2 aliphatic rings. The van der Waals surface area contributed by atoms with Crippen molar-refractivity contribution in [2.75, 3.05) is 13.1 Å². The number of ether oxygens (including phenoxy) is 1. The summed E-state index contributed by atoms with van der Waals surface area (Å²) in [6.07, 6.45) is 7.59. The zero-order chi connectivity index (χ0) is 26.7. The molecule has 2 aromatic carbocycles. The normalized spacial score (nSPS) is 20.4. The van der Waals surface area contributed by atoms with E-state index in [1.165, 1.54) is 0 Å². The number of nitrogens with zero attached hydrogens (tertiary/aromatic N) is 1. The summed E-state index contributed by atoms with van der Waals surface area (Å²) in [4.78, 5) is 42.2. The van der Waals surface area contributed by atoms with Gasteiger partial charge < -0.3 is 20.7 Å². The molecule has 0 aliphatic carbocycles. The van der Waals surface area contributed by atoms with Crippen LogP contribution in [0.5, 0.6) is 0 Å². The second-order valence-corrected chi connectivity index (χ2v) is 9.63. The van der Waals surface area contributed by atoms with Crippen LogP contribution in [-0.2, 0) is 25.5 Å². The Kier molecular flexibility index (Phi) is 9.81. The summed E-state index contributed by atoms with van der Waals surface area (Å²) in [6, 6.07) is 17.9. The third-order valence-corrected chi connectivity index (χ3v) is 6.70. The van der Waals surface area contributed by atoms with Crippen LogP contribution in [0.4, 0.5) is 0 Å². The van der Waals surface area contributed by atoms with Crippen LogP contribution in [0.2, 0.25) is 0 Å². The van der Waals surface area contributed by atoms with Crippen molar-refractivity contribution < 1.29 is 19.1 Å². The lowest BCUT2D eigenvalue weighted by molar-refractivity contribution is -0.129. The van der Waals surface area contributed by atoms with Crippen molar-refractivity contribution in [3.63, 3.8) is 0 Å². The third kappa shape index (κ3) is 7.86. The van der Waals surface area contributed by atoms with Crippen LogP contribution in [0.25, 0.3) is 11.1 Å². The van der Waals surface area contributed by atoms with Crippen LogP contribution in [0.1, 0.15) is 38.2 Å². The number of aliphatic imine (C=N–C) groups is 1. The largest absolute Gasteiger partial charge is 0.354 e. The number of dihydropyridines is 1. The number of benzene rings is 2. The maximum Gasteiger partial charge on any atom is 0.253 e. The molecule has 2 unspecified atom stereocenters. The Bertz CT molecular complexity index is 1150. The van der Waals surface area contributed by atoms with E-state index < -0.39 is 24.2 Å². The highest BCUT2D eigenvalue weighted by molar-refractivity contribution is 5.97. The minimum Gasteiger partial charge on any atom is -0.354 e. The van der Waals surface area contributed by atoms with Gasteiger partial charge in [-0.2, -0.15) is 0 Å². The standard InChI is InChI=1S/C30H36N4O4/c1-2-8-25(28(35)32-20-17-24-11-6-7-18-31-24)34-30(37)27-26(38-27)29(36)33-19-16-21-12-14-23(15-13-21)22-9-4-3-5-10-22/h3-7,9-10,12-15,18,24-27H,2,8,11,16-17,19-20H2,1H3,(H,32,35)(H,33,36)(H,34,37)/t24?,25-,26+,27?/m0/s1. The fraction of sp³-hybridized carbons (Fsp3) is 0.400. The number of rotatable bonds is 13. The number of allylic oxidation sites excluding steroid dienone is 1. The highest BCUT2D eigenvalue weighted by Gasteiger charge is 2.50. The summed E-state index contributed by atoms with van der Waals surface area (Å²) in [5.41, 5.74) is 3.41. The van der Waals surface area contributed by atoms with E-state index in [1.807, 2.05) is 31.2 Å². The van der Waals surface area contributed by atoms with E-state index in [-0.39, 0.29) is 17.9 Å². The Morgan fingerprint density at radius 2 is 1.68 bits per heavy atom. The molecule has 200 valence electrons. The predicted molar refractivity (Wildman–Crippen MR) is 148 cm³/mol. The van der Waals surface area contributed by atoms with Gasteiger partial charge >= 0.3 is 0 Å². The van der Waals surface area contributed by atoms with Crippen molar-refractivity contribution in [3.8, 4) is 11.1 Å². The van der Waals surface area contributed by atoms with E-state index in [9.17, 15) is 14.4 Å². The lowest BCUT2D eigenvalue weighted by Crippen LogP contribution is -2.49. The van der Waals surface area contributed by atoms with Gasteiger partial charge in [0.25, 0.3) is 11.8 Å². The number of hydrogen-bond acceptors (Lipinski definition) is 5. The summed E-state index contributed by atoms with van der Waals surface area (Å²) >= 11 is 0. The van der Waals surface area contributed by atoms with Gasteiger partial charge in [-0.3, -0.25) is 19.4 Å². The first-order valence-corrected chi connectivity index (χ1v) is 13.4. The molecule has 1 fully saturated rings. The van der Waals surface area contributed by atoms with Crippen LogP contribution in [0.3, 0.4) is 0 Å². The molecule has 8 nitrogen and oxygen atoms in total. The van der Waals surface area contributed by atoms with Gasteiger partial charge in [0.05, 0.1) is 6.04 Å². The predicted octanol–water partition coefficient (Wildman–Crippen LogP) is 2.97. The van der Waals surface area contributed by atoms with Crippen molar-refractivity contribution in [2.45, 2.75) is 63.3 Å². The second-order valence-electron chi connectivity index (χ2n) is 9.63. The van der Waals surface area contributed by atoms with Crippen molar-refractivity contribution in [1.29, 1.82) is 0 Å². The van der Waals surface area contributed by atoms with E-state index in [0.29, 0.717) is 25.9 Å². The number of epoxide rings is 1. The molecule has 1 saturated heterocycles. The van der Waals surface area contributed by atoms with Crippen molar-refractivity contribution in [2.24, 2.45) is 4.99 Å². The van der Waals surface area contributed by atoms with Crippen molar-refractivity contribution in [3.05, 3.63) is 72.3 Å². The first kappa shape index (κ1) is 27.3. The highest BCUT2D eigenvalue weighted by atomic mass is 16.6. The van der Waals surface area contributed by atoms with Crippen LogP contribution >= 0.6 is 0 Å². The van der Waals surface area contributed by atoms with Gasteiger partial charge in [0.2, 0.25) is 5.91 Å². The van der Waals surface area contributed by atoms with E-state index in [1.54, 1.807) is 6.21 Å². The molecule has 8 heteroatoms. The van der Waals surface area contributed by atoms with Gasteiger partial charge in [-0.1, -0.05) is 74.0 Å². The van der Waals surface area contributed by atoms with Gasteiger partial charge in [0, 0.05) is 19.3 Å². The van der Waals surface area contributed by atoms with Crippen LogP contribution in [-0.4, -0.2) is 61.3 Å². The third-order valence-electron chi connectivity index (χ3n) is 6.70. The number of amides is 3. The summed E-state index contributed by atoms with van der Waals surface area (Å²) in [7, 11) is 0.